The summed E-state index contributed by atoms with van der Waals surface area (Å²) in [5, 5.41) is 9.66. The first-order chi connectivity index (χ1) is 7.73. The monoisotopic (exact) mass is 224 g/mol. The van der Waals surface area contributed by atoms with Crippen molar-refractivity contribution in [2.75, 3.05) is 0 Å². The number of hydrogen-bond acceptors (Lipinski definition) is 2. The number of carboxylic acids is 1. The van der Waals surface area contributed by atoms with Gasteiger partial charge in [-0.1, -0.05) is 19.3 Å². The Kier molecular flexibility index (Phi) is 2.46. The lowest BCUT2D eigenvalue weighted by Crippen LogP contribution is -2.47. The molecule has 3 nitrogen and oxygen atoms in total. The summed E-state index contributed by atoms with van der Waals surface area (Å²) >= 11 is 0. The summed E-state index contributed by atoms with van der Waals surface area (Å²) in [6.45, 7) is 0. The van der Waals surface area contributed by atoms with E-state index in [9.17, 15) is 9.90 Å². The van der Waals surface area contributed by atoms with Crippen LogP contribution in [0.5, 0.6) is 0 Å². The first-order valence-electron chi connectivity index (χ1n) is 6.62. The summed E-state index contributed by atoms with van der Waals surface area (Å²) in [6.07, 6.45) is 8.95. The Morgan fingerprint density at radius 2 is 1.88 bits per heavy atom. The highest BCUT2D eigenvalue weighted by atomic mass is 16.5. The molecular formula is C13H20O3. The Labute approximate surface area is 96.2 Å². The topological polar surface area (TPSA) is 46.5 Å². The molecule has 1 saturated carbocycles. The summed E-state index contributed by atoms with van der Waals surface area (Å²) in [5.74, 6) is -0.222. The van der Waals surface area contributed by atoms with Gasteiger partial charge in [-0.15, -0.1) is 0 Å². The van der Waals surface area contributed by atoms with Crippen molar-refractivity contribution in [3.8, 4) is 0 Å². The average molecular weight is 224 g/mol. The molecule has 0 aromatic heterocycles. The fourth-order valence-electron chi connectivity index (χ4n) is 4.19. The van der Waals surface area contributed by atoms with E-state index in [1.165, 1.54) is 19.3 Å². The van der Waals surface area contributed by atoms with Crippen LogP contribution < -0.4 is 0 Å². The molecule has 1 aliphatic carbocycles. The fourth-order valence-corrected chi connectivity index (χ4v) is 4.19. The van der Waals surface area contributed by atoms with Crippen LogP contribution in [-0.2, 0) is 9.53 Å². The molecule has 90 valence electrons. The van der Waals surface area contributed by atoms with Gasteiger partial charge in [-0.25, -0.2) is 0 Å². The molecule has 2 saturated heterocycles. The van der Waals surface area contributed by atoms with Gasteiger partial charge < -0.3 is 9.84 Å². The Morgan fingerprint density at radius 3 is 2.38 bits per heavy atom. The van der Waals surface area contributed by atoms with Crippen molar-refractivity contribution in [3.05, 3.63) is 0 Å². The molecule has 2 bridgehead atoms. The van der Waals surface area contributed by atoms with E-state index < -0.39 is 11.4 Å². The van der Waals surface area contributed by atoms with Crippen molar-refractivity contribution in [2.24, 2.45) is 11.3 Å². The van der Waals surface area contributed by atoms with Crippen molar-refractivity contribution < 1.29 is 14.6 Å². The van der Waals surface area contributed by atoms with Crippen LogP contribution in [0.25, 0.3) is 0 Å². The summed E-state index contributed by atoms with van der Waals surface area (Å²) < 4.78 is 5.82. The van der Waals surface area contributed by atoms with E-state index in [0.717, 1.165) is 32.1 Å². The van der Waals surface area contributed by atoms with Gasteiger partial charge in [-0.05, 0) is 38.0 Å². The first-order valence-corrected chi connectivity index (χ1v) is 6.62. The molecule has 3 aliphatic rings. The van der Waals surface area contributed by atoms with Crippen LogP contribution in [-0.4, -0.2) is 23.3 Å². The van der Waals surface area contributed by atoms with E-state index in [4.69, 9.17) is 4.74 Å². The lowest BCUT2D eigenvalue weighted by atomic mass is 9.61. The SMILES string of the molecule is O=C(O)C1(C2CCCCC2)CC2CCC1O2. The minimum absolute atomic E-state index is 0.0121. The average Bonchev–Trinajstić information content (AvgIpc) is 2.90. The zero-order valence-electron chi connectivity index (χ0n) is 9.65. The minimum Gasteiger partial charge on any atom is -0.481 e. The number of aliphatic carboxylic acids is 1. The van der Waals surface area contributed by atoms with Gasteiger partial charge >= 0.3 is 5.97 Å². The second-order valence-corrected chi connectivity index (χ2v) is 5.71. The van der Waals surface area contributed by atoms with Gasteiger partial charge in [0.2, 0.25) is 0 Å². The molecule has 16 heavy (non-hydrogen) atoms. The second kappa shape index (κ2) is 3.73. The lowest BCUT2D eigenvalue weighted by Gasteiger charge is -2.40. The number of carbonyl (C=O) groups is 1. The normalized spacial score (nSPS) is 43.8. The first kappa shape index (κ1) is 10.6. The Morgan fingerprint density at radius 1 is 1.12 bits per heavy atom. The molecule has 3 heteroatoms. The van der Waals surface area contributed by atoms with E-state index in [2.05, 4.69) is 0 Å². The molecule has 0 amide bonds. The van der Waals surface area contributed by atoms with Gasteiger partial charge in [0, 0.05) is 0 Å². The Hall–Kier alpha value is -0.570. The van der Waals surface area contributed by atoms with Crippen molar-refractivity contribution in [1.82, 2.24) is 0 Å². The maximum absolute atomic E-state index is 11.7. The Bertz CT molecular complexity index is 296. The van der Waals surface area contributed by atoms with Crippen LogP contribution in [0.15, 0.2) is 0 Å². The standard InChI is InChI=1S/C13H20O3/c14-12(15)13(9-4-2-1-3-5-9)8-10-6-7-11(13)16-10/h9-11H,1-8H2,(H,14,15). The largest absolute Gasteiger partial charge is 0.481 e. The molecule has 1 N–H and O–H groups in total. The minimum atomic E-state index is -0.591. The van der Waals surface area contributed by atoms with Crippen LogP contribution >= 0.6 is 0 Å². The van der Waals surface area contributed by atoms with Crippen LogP contribution in [0.2, 0.25) is 0 Å². The maximum Gasteiger partial charge on any atom is 0.312 e. The molecular weight excluding hydrogens is 204 g/mol. The molecule has 3 fully saturated rings. The van der Waals surface area contributed by atoms with Gasteiger partial charge in [-0.2, -0.15) is 0 Å². The predicted octanol–water partition coefficient (Wildman–Crippen LogP) is 2.59. The zero-order valence-corrected chi connectivity index (χ0v) is 9.65. The van der Waals surface area contributed by atoms with Crippen molar-refractivity contribution >= 4 is 5.97 Å². The smallest absolute Gasteiger partial charge is 0.312 e. The Balaban J connectivity index is 1.88. The third kappa shape index (κ3) is 1.33. The van der Waals surface area contributed by atoms with Gasteiger partial charge in [0.05, 0.1) is 17.6 Å². The highest BCUT2D eigenvalue weighted by Crippen LogP contribution is 2.55. The maximum atomic E-state index is 11.7. The number of fused-ring (bicyclic) bond motifs is 2. The quantitative estimate of drug-likeness (QED) is 0.784. The van der Waals surface area contributed by atoms with Crippen LogP contribution in [0.1, 0.15) is 51.4 Å². The molecule has 0 aromatic carbocycles. The van der Waals surface area contributed by atoms with Gasteiger partial charge in [-0.3, -0.25) is 4.79 Å². The molecule has 2 heterocycles. The van der Waals surface area contributed by atoms with E-state index >= 15 is 0 Å². The molecule has 3 rings (SSSR count). The van der Waals surface area contributed by atoms with Crippen LogP contribution in [0.4, 0.5) is 0 Å². The molecule has 0 radical (unpaired) electrons. The zero-order chi connectivity index (χ0) is 11.2. The van der Waals surface area contributed by atoms with E-state index in [-0.39, 0.29) is 12.2 Å². The third-order valence-corrected chi connectivity index (χ3v) is 4.98. The lowest BCUT2D eigenvalue weighted by molar-refractivity contribution is -0.158. The number of hydrogen-bond donors (Lipinski definition) is 1. The summed E-state index contributed by atoms with van der Waals surface area (Å²) in [5.41, 5.74) is -0.524. The van der Waals surface area contributed by atoms with Gasteiger partial charge in [0.25, 0.3) is 0 Å². The fraction of sp³-hybridized carbons (Fsp3) is 0.923. The van der Waals surface area contributed by atoms with Crippen molar-refractivity contribution in [3.63, 3.8) is 0 Å². The van der Waals surface area contributed by atoms with Crippen LogP contribution in [0.3, 0.4) is 0 Å². The number of rotatable bonds is 2. The molecule has 3 atom stereocenters. The predicted molar refractivity (Wildman–Crippen MR) is 59.2 cm³/mol. The molecule has 0 spiro atoms. The highest BCUT2D eigenvalue weighted by molar-refractivity contribution is 5.76. The summed E-state index contributed by atoms with van der Waals surface area (Å²) in [4.78, 5) is 11.7. The van der Waals surface area contributed by atoms with E-state index in [1.807, 2.05) is 0 Å². The van der Waals surface area contributed by atoms with E-state index in [1.54, 1.807) is 0 Å². The number of ether oxygens (including phenoxy) is 1. The van der Waals surface area contributed by atoms with Crippen LogP contribution in [0, 0.1) is 11.3 Å². The third-order valence-electron chi connectivity index (χ3n) is 4.98. The summed E-state index contributed by atoms with van der Waals surface area (Å²) in [7, 11) is 0. The number of carboxylic acid groups (broad SMARTS) is 1. The van der Waals surface area contributed by atoms with Crippen molar-refractivity contribution in [2.45, 2.75) is 63.6 Å². The highest BCUT2D eigenvalue weighted by Gasteiger charge is 2.60. The van der Waals surface area contributed by atoms with Crippen molar-refractivity contribution in [1.29, 1.82) is 0 Å². The van der Waals surface area contributed by atoms with Gasteiger partial charge in [0.15, 0.2) is 0 Å². The van der Waals surface area contributed by atoms with Gasteiger partial charge in [0.1, 0.15) is 0 Å². The molecule has 3 unspecified atom stereocenters. The summed E-state index contributed by atoms with van der Waals surface area (Å²) in [6, 6.07) is 0. The van der Waals surface area contributed by atoms with E-state index in [0.29, 0.717) is 5.92 Å². The molecule has 2 aliphatic heterocycles. The molecule has 0 aromatic rings. The second-order valence-electron chi connectivity index (χ2n) is 5.71.